The molecule has 0 radical (unpaired) electrons. The van der Waals surface area contributed by atoms with E-state index in [2.05, 4.69) is 4.90 Å². The Morgan fingerprint density at radius 1 is 1.03 bits per heavy atom. The van der Waals surface area contributed by atoms with Crippen molar-refractivity contribution in [1.29, 1.82) is 0 Å². The molecule has 6 nitrogen and oxygen atoms in total. The molecule has 3 aromatic rings. The quantitative estimate of drug-likeness (QED) is 0.464. The molecule has 2 aliphatic rings. The highest BCUT2D eigenvalue weighted by atomic mass is 19.2. The van der Waals surface area contributed by atoms with Crippen LogP contribution in [0, 0.1) is 25.5 Å². The lowest BCUT2D eigenvalue weighted by molar-refractivity contribution is -0.000987. The molecule has 0 unspecified atom stereocenters. The van der Waals surface area contributed by atoms with Crippen LogP contribution in [0.2, 0.25) is 0 Å². The molecule has 5 rings (SSSR count). The summed E-state index contributed by atoms with van der Waals surface area (Å²) in [6, 6.07) is 14.5. The van der Waals surface area contributed by atoms with E-state index in [-0.39, 0.29) is 11.1 Å². The van der Waals surface area contributed by atoms with Gasteiger partial charge in [0.1, 0.15) is 5.60 Å². The summed E-state index contributed by atoms with van der Waals surface area (Å²) < 4.78 is 34.1. The van der Waals surface area contributed by atoms with Gasteiger partial charge in [0.25, 0.3) is 0 Å². The van der Waals surface area contributed by atoms with Crippen molar-refractivity contribution in [3.63, 3.8) is 0 Å². The minimum atomic E-state index is -1.01. The first-order valence-electron chi connectivity index (χ1n) is 12.3. The van der Waals surface area contributed by atoms with Gasteiger partial charge in [-0.05, 0) is 66.4 Å². The molecule has 0 bridgehead atoms. The number of amides is 1. The number of halogens is 2. The second kappa shape index (κ2) is 9.59. The maximum Gasteiger partial charge on any atom is 0.415 e. The minimum Gasteiger partial charge on any atom is -0.478 e. The average Bonchev–Trinajstić information content (AvgIpc) is 3.18. The Morgan fingerprint density at radius 3 is 2.30 bits per heavy atom. The number of likely N-dealkylation sites (tertiary alicyclic amines) is 1. The van der Waals surface area contributed by atoms with Crippen LogP contribution in [-0.4, -0.2) is 47.3 Å². The average molecular weight is 507 g/mol. The normalized spacial score (nSPS) is 17.3. The molecule has 1 N–H and O–H groups in total. The highest BCUT2D eigenvalue weighted by molar-refractivity contribution is 5.92. The van der Waals surface area contributed by atoms with E-state index in [1.54, 1.807) is 23.1 Å². The first-order valence-corrected chi connectivity index (χ1v) is 12.3. The number of aryl methyl sites for hydroxylation is 2. The van der Waals surface area contributed by atoms with Crippen molar-refractivity contribution in [2.45, 2.75) is 38.8 Å². The molecule has 3 aromatic carbocycles. The number of anilines is 1. The molecule has 2 saturated heterocycles. The van der Waals surface area contributed by atoms with E-state index < -0.39 is 29.3 Å². The lowest BCUT2D eigenvalue weighted by Crippen LogP contribution is -2.46. The van der Waals surface area contributed by atoms with Gasteiger partial charge in [-0.2, -0.15) is 0 Å². The van der Waals surface area contributed by atoms with Gasteiger partial charge in [0, 0.05) is 43.7 Å². The van der Waals surface area contributed by atoms with Crippen molar-refractivity contribution in [3.05, 3.63) is 88.5 Å². The zero-order chi connectivity index (χ0) is 26.3. The first-order chi connectivity index (χ1) is 17.7. The molecule has 37 heavy (non-hydrogen) atoms. The van der Waals surface area contributed by atoms with Crippen molar-refractivity contribution < 1.29 is 28.2 Å². The molecular formula is C29H28F2N2O4. The highest BCUT2D eigenvalue weighted by Crippen LogP contribution is 2.37. The van der Waals surface area contributed by atoms with E-state index in [9.17, 15) is 18.4 Å². The fourth-order valence-electron chi connectivity index (χ4n) is 5.51. The van der Waals surface area contributed by atoms with Gasteiger partial charge in [0.2, 0.25) is 0 Å². The Hall–Kier alpha value is -3.78. The van der Waals surface area contributed by atoms with Gasteiger partial charge in [-0.15, -0.1) is 0 Å². The van der Waals surface area contributed by atoms with Crippen molar-refractivity contribution in [2.75, 3.05) is 24.5 Å². The van der Waals surface area contributed by atoms with Gasteiger partial charge < -0.3 is 9.84 Å². The summed E-state index contributed by atoms with van der Waals surface area (Å²) in [6.45, 7) is 6.46. The first kappa shape index (κ1) is 24.9. The molecule has 1 spiro atoms. The lowest BCUT2D eigenvalue weighted by atomic mass is 9.90. The van der Waals surface area contributed by atoms with Crippen LogP contribution in [0.3, 0.4) is 0 Å². The van der Waals surface area contributed by atoms with Gasteiger partial charge in [-0.25, -0.2) is 18.4 Å². The van der Waals surface area contributed by atoms with Crippen LogP contribution in [0.25, 0.3) is 11.1 Å². The summed E-state index contributed by atoms with van der Waals surface area (Å²) in [5.74, 6) is -2.70. The number of carboxylic acid groups (broad SMARTS) is 1. The van der Waals surface area contributed by atoms with E-state index >= 15 is 0 Å². The minimum absolute atomic E-state index is 0.166. The van der Waals surface area contributed by atoms with E-state index in [1.807, 2.05) is 26.0 Å². The van der Waals surface area contributed by atoms with Crippen LogP contribution in [-0.2, 0) is 11.3 Å². The number of aromatic carboxylic acids is 1. The smallest absolute Gasteiger partial charge is 0.415 e. The molecule has 2 aliphatic heterocycles. The predicted octanol–water partition coefficient (Wildman–Crippen LogP) is 5.94. The number of benzene rings is 3. The zero-order valence-corrected chi connectivity index (χ0v) is 20.8. The van der Waals surface area contributed by atoms with E-state index in [1.165, 1.54) is 18.2 Å². The second-order valence-electron chi connectivity index (χ2n) is 9.97. The van der Waals surface area contributed by atoms with Crippen LogP contribution in [0.1, 0.15) is 39.9 Å². The van der Waals surface area contributed by atoms with Crippen molar-refractivity contribution in [2.24, 2.45) is 0 Å². The Morgan fingerprint density at radius 2 is 1.68 bits per heavy atom. The third kappa shape index (κ3) is 4.81. The summed E-state index contributed by atoms with van der Waals surface area (Å²) >= 11 is 0. The maximum atomic E-state index is 14.4. The molecule has 1 amide bonds. The number of ether oxygens (including phenoxy) is 1. The number of carbonyl (C=O) groups is 2. The molecule has 192 valence electrons. The number of carboxylic acids is 1. The molecule has 8 heteroatoms. The highest BCUT2D eigenvalue weighted by Gasteiger charge is 2.47. The summed E-state index contributed by atoms with van der Waals surface area (Å²) in [4.78, 5) is 27.6. The number of hydrogen-bond acceptors (Lipinski definition) is 4. The topological polar surface area (TPSA) is 70.1 Å². The molecular weight excluding hydrogens is 478 g/mol. The maximum absolute atomic E-state index is 14.4. The van der Waals surface area contributed by atoms with Gasteiger partial charge >= 0.3 is 12.1 Å². The van der Waals surface area contributed by atoms with E-state index in [0.29, 0.717) is 37.2 Å². The predicted molar refractivity (Wildman–Crippen MR) is 136 cm³/mol. The molecule has 2 fully saturated rings. The summed E-state index contributed by atoms with van der Waals surface area (Å²) in [7, 11) is 0. The molecule has 0 saturated carbocycles. The van der Waals surface area contributed by atoms with Gasteiger partial charge in [-0.3, -0.25) is 9.80 Å². The number of piperidine rings is 1. The fraction of sp³-hybridized carbons (Fsp3) is 0.310. The second-order valence-corrected chi connectivity index (χ2v) is 9.97. The number of nitrogens with zero attached hydrogens (tertiary/aromatic N) is 2. The van der Waals surface area contributed by atoms with Crippen molar-refractivity contribution in [1.82, 2.24) is 4.90 Å². The number of rotatable bonds is 5. The molecule has 0 aromatic heterocycles. The van der Waals surface area contributed by atoms with Crippen LogP contribution in [0.4, 0.5) is 19.3 Å². The molecule has 0 atom stereocenters. The summed E-state index contributed by atoms with van der Waals surface area (Å²) in [5, 5.41) is 9.10. The van der Waals surface area contributed by atoms with Crippen molar-refractivity contribution in [3.8, 4) is 11.1 Å². The third-order valence-electron chi connectivity index (χ3n) is 7.38. The van der Waals surface area contributed by atoms with E-state index in [0.717, 1.165) is 35.8 Å². The summed E-state index contributed by atoms with van der Waals surface area (Å²) in [6.07, 6.45) is 0.961. The van der Waals surface area contributed by atoms with Gasteiger partial charge in [0.05, 0.1) is 12.1 Å². The molecule has 0 aliphatic carbocycles. The van der Waals surface area contributed by atoms with Crippen LogP contribution in [0.15, 0.2) is 54.6 Å². The Kier molecular flexibility index (Phi) is 6.45. The van der Waals surface area contributed by atoms with E-state index in [4.69, 9.17) is 9.84 Å². The number of hydrogen-bond donors (Lipinski definition) is 1. The zero-order valence-electron chi connectivity index (χ0n) is 20.8. The number of carbonyl (C=O) groups excluding carboxylic acids is 1. The Bertz CT molecular complexity index is 1340. The van der Waals surface area contributed by atoms with Crippen LogP contribution in [0.5, 0.6) is 0 Å². The Balaban J connectivity index is 1.25. The molecule has 2 heterocycles. The SMILES string of the molecule is Cc1cc(CN2CCC3(CC2)CN(c2ccc(C(=O)O)cc2)C(=O)O3)cc(C)c1-c1cccc(F)c1F. The van der Waals surface area contributed by atoms with Gasteiger partial charge in [0.15, 0.2) is 11.6 Å². The lowest BCUT2D eigenvalue weighted by Gasteiger charge is -2.37. The fourth-order valence-corrected chi connectivity index (χ4v) is 5.51. The van der Waals surface area contributed by atoms with Crippen LogP contribution >= 0.6 is 0 Å². The third-order valence-corrected chi connectivity index (χ3v) is 7.38. The van der Waals surface area contributed by atoms with Crippen molar-refractivity contribution >= 4 is 17.7 Å². The van der Waals surface area contributed by atoms with Gasteiger partial charge in [-0.1, -0.05) is 24.3 Å². The monoisotopic (exact) mass is 506 g/mol. The Labute approximate surface area is 214 Å². The van der Waals surface area contributed by atoms with Crippen LogP contribution < -0.4 is 4.90 Å². The summed E-state index contributed by atoms with van der Waals surface area (Å²) in [5.41, 5.74) is 4.08. The standard InChI is InChI=1S/C29H28F2N2O4/c1-18-14-20(15-19(2)25(18)23-4-3-5-24(30)26(23)31)16-32-12-10-29(11-13-32)17-33(28(36)37-29)22-8-6-21(7-9-22)27(34)35/h3-9,14-15H,10-13,16-17H2,1-2H3,(H,34,35). The largest absolute Gasteiger partial charge is 0.478 e.